The van der Waals surface area contributed by atoms with E-state index in [9.17, 15) is 4.79 Å². The fraction of sp³-hybridized carbons (Fsp3) is 0.444. The summed E-state index contributed by atoms with van der Waals surface area (Å²) in [5.41, 5.74) is 2.39. The first-order valence-electron chi connectivity index (χ1n) is 8.21. The van der Waals surface area contributed by atoms with E-state index in [-0.39, 0.29) is 5.97 Å². The van der Waals surface area contributed by atoms with Crippen molar-refractivity contribution in [2.75, 3.05) is 38.1 Å². The molecule has 0 aliphatic rings. The first-order chi connectivity index (χ1) is 11.2. The molecule has 0 bridgehead atoms. The normalized spacial score (nSPS) is 11.0. The minimum absolute atomic E-state index is 0.332. The third-order valence-corrected chi connectivity index (χ3v) is 3.84. The van der Waals surface area contributed by atoms with E-state index in [1.807, 2.05) is 24.3 Å². The van der Waals surface area contributed by atoms with Gasteiger partial charge in [-0.25, -0.2) is 4.79 Å². The van der Waals surface area contributed by atoms with Gasteiger partial charge in [-0.05, 0) is 44.3 Å². The predicted molar refractivity (Wildman–Crippen MR) is 94.0 cm³/mol. The van der Waals surface area contributed by atoms with Crippen LogP contribution < -0.4 is 5.32 Å². The molecule has 5 heteroatoms. The molecule has 124 valence electrons. The zero-order valence-electron chi connectivity index (χ0n) is 14.1. The Kier molecular flexibility index (Phi) is 6.35. The quantitative estimate of drug-likeness (QED) is 0.758. The van der Waals surface area contributed by atoms with E-state index in [0.717, 1.165) is 42.8 Å². The number of benzene rings is 1. The molecular formula is C18H25N3O2. The van der Waals surface area contributed by atoms with Crippen LogP contribution in [-0.2, 0) is 4.74 Å². The number of carbonyl (C=O) groups excluding carboxylic acids is 1. The highest BCUT2D eigenvalue weighted by Crippen LogP contribution is 2.19. The van der Waals surface area contributed by atoms with E-state index < -0.39 is 0 Å². The molecule has 0 aliphatic carbocycles. The largest absolute Gasteiger partial charge is 0.462 e. The Bertz CT molecular complexity index is 654. The Morgan fingerprint density at radius 1 is 1.22 bits per heavy atom. The molecule has 5 nitrogen and oxygen atoms in total. The average Bonchev–Trinajstić information content (AvgIpc) is 2.58. The van der Waals surface area contributed by atoms with Crippen molar-refractivity contribution < 1.29 is 9.53 Å². The van der Waals surface area contributed by atoms with Gasteiger partial charge in [0.05, 0.1) is 17.7 Å². The summed E-state index contributed by atoms with van der Waals surface area (Å²) in [5, 5.41) is 4.36. The molecule has 1 N–H and O–H groups in total. The Morgan fingerprint density at radius 2 is 2.00 bits per heavy atom. The van der Waals surface area contributed by atoms with E-state index in [4.69, 9.17) is 4.74 Å². The van der Waals surface area contributed by atoms with Crippen molar-refractivity contribution >= 4 is 22.6 Å². The van der Waals surface area contributed by atoms with Crippen molar-refractivity contribution in [2.45, 2.75) is 20.8 Å². The number of nitrogens with one attached hydrogen (secondary N) is 1. The molecule has 1 heterocycles. The van der Waals surface area contributed by atoms with Crippen LogP contribution in [0.1, 0.15) is 31.1 Å². The lowest BCUT2D eigenvalue weighted by Gasteiger charge is -2.18. The summed E-state index contributed by atoms with van der Waals surface area (Å²) in [4.78, 5) is 18.5. The summed E-state index contributed by atoms with van der Waals surface area (Å²) in [6.07, 6.45) is 1.56. The number of hydrogen-bond acceptors (Lipinski definition) is 5. The second kappa shape index (κ2) is 8.48. The van der Waals surface area contributed by atoms with Crippen LogP contribution in [0, 0.1) is 0 Å². The number of ether oxygens (including phenoxy) is 1. The first-order valence-corrected chi connectivity index (χ1v) is 8.21. The third kappa shape index (κ3) is 4.66. The molecule has 0 unspecified atom stereocenters. The molecule has 0 aliphatic heterocycles. The van der Waals surface area contributed by atoms with E-state index in [1.165, 1.54) is 0 Å². The number of carbonyl (C=O) groups is 1. The molecular weight excluding hydrogens is 290 g/mol. The summed E-state index contributed by atoms with van der Waals surface area (Å²) >= 11 is 0. The van der Waals surface area contributed by atoms with Crippen molar-refractivity contribution in [3.63, 3.8) is 0 Å². The van der Waals surface area contributed by atoms with Crippen molar-refractivity contribution in [1.82, 2.24) is 9.88 Å². The number of esters is 1. The second-order valence-corrected chi connectivity index (χ2v) is 5.31. The molecule has 2 rings (SSSR count). The lowest BCUT2D eigenvalue weighted by Crippen LogP contribution is -2.28. The molecule has 0 spiro atoms. The molecule has 0 fully saturated rings. The van der Waals surface area contributed by atoms with Gasteiger partial charge in [0.15, 0.2) is 0 Å². The third-order valence-electron chi connectivity index (χ3n) is 3.84. The van der Waals surface area contributed by atoms with Gasteiger partial charge >= 0.3 is 5.97 Å². The highest BCUT2D eigenvalue weighted by molar-refractivity contribution is 5.94. The zero-order valence-corrected chi connectivity index (χ0v) is 14.1. The smallest absolute Gasteiger partial charge is 0.339 e. The van der Waals surface area contributed by atoms with Crippen LogP contribution >= 0.6 is 0 Å². The molecule has 1 aromatic carbocycles. The Balaban J connectivity index is 2.09. The number of aromatic nitrogens is 1. The number of fused-ring (bicyclic) bond motifs is 1. The lowest BCUT2D eigenvalue weighted by molar-refractivity contribution is 0.0526. The maximum Gasteiger partial charge on any atom is 0.339 e. The Morgan fingerprint density at radius 3 is 2.70 bits per heavy atom. The second-order valence-electron chi connectivity index (χ2n) is 5.31. The Hall–Kier alpha value is -2.14. The molecule has 0 amide bonds. The average molecular weight is 315 g/mol. The van der Waals surface area contributed by atoms with Gasteiger partial charge < -0.3 is 15.0 Å². The number of hydrogen-bond donors (Lipinski definition) is 1. The molecule has 0 saturated carbocycles. The van der Waals surface area contributed by atoms with Crippen LogP contribution in [0.4, 0.5) is 5.69 Å². The molecule has 0 radical (unpaired) electrons. The fourth-order valence-corrected chi connectivity index (χ4v) is 2.47. The van der Waals surface area contributed by atoms with E-state index in [2.05, 4.69) is 29.0 Å². The van der Waals surface area contributed by atoms with Crippen LogP contribution in [-0.4, -0.2) is 48.6 Å². The predicted octanol–water partition coefficient (Wildman–Crippen LogP) is 3.17. The molecule has 23 heavy (non-hydrogen) atoms. The van der Waals surface area contributed by atoms with Crippen molar-refractivity contribution in [3.05, 3.63) is 36.0 Å². The topological polar surface area (TPSA) is 54.5 Å². The summed E-state index contributed by atoms with van der Waals surface area (Å²) in [6, 6.07) is 7.83. The molecule has 1 aromatic heterocycles. The summed E-state index contributed by atoms with van der Waals surface area (Å²) in [5.74, 6) is -0.332. The van der Waals surface area contributed by atoms with Crippen molar-refractivity contribution in [2.24, 2.45) is 0 Å². The summed E-state index contributed by atoms with van der Waals surface area (Å²) in [7, 11) is 0. The van der Waals surface area contributed by atoms with Gasteiger partial charge in [-0.2, -0.15) is 0 Å². The van der Waals surface area contributed by atoms with Crippen molar-refractivity contribution in [1.29, 1.82) is 0 Å². The standard InChI is InChI=1S/C18H25N3O2/c1-4-21(5-2)10-9-19-16-7-8-17-14(12-16)11-15(13-20-17)18(22)23-6-3/h7-8,11-13,19H,4-6,9-10H2,1-3H3. The highest BCUT2D eigenvalue weighted by atomic mass is 16.5. The molecule has 2 aromatic rings. The van der Waals surface area contributed by atoms with Crippen LogP contribution in [0.5, 0.6) is 0 Å². The van der Waals surface area contributed by atoms with Gasteiger partial charge in [-0.1, -0.05) is 13.8 Å². The molecule has 0 saturated heterocycles. The van der Waals surface area contributed by atoms with Gasteiger partial charge in [0.2, 0.25) is 0 Å². The monoisotopic (exact) mass is 315 g/mol. The van der Waals surface area contributed by atoms with Crippen LogP contribution in [0.2, 0.25) is 0 Å². The van der Waals surface area contributed by atoms with Gasteiger partial charge in [0.25, 0.3) is 0 Å². The maximum absolute atomic E-state index is 11.8. The van der Waals surface area contributed by atoms with Crippen molar-refractivity contribution in [3.8, 4) is 0 Å². The number of nitrogens with zero attached hydrogens (tertiary/aromatic N) is 2. The summed E-state index contributed by atoms with van der Waals surface area (Å²) in [6.45, 7) is 10.5. The van der Waals surface area contributed by atoms with Gasteiger partial charge in [0, 0.05) is 30.4 Å². The van der Waals surface area contributed by atoms with E-state index in [0.29, 0.717) is 12.2 Å². The van der Waals surface area contributed by atoms with E-state index in [1.54, 1.807) is 13.1 Å². The zero-order chi connectivity index (χ0) is 16.7. The first kappa shape index (κ1) is 17.2. The maximum atomic E-state index is 11.8. The number of likely N-dealkylation sites (N-methyl/N-ethyl adjacent to an activating group) is 1. The minimum atomic E-state index is -0.332. The fourth-order valence-electron chi connectivity index (χ4n) is 2.47. The number of pyridine rings is 1. The number of anilines is 1. The lowest BCUT2D eigenvalue weighted by atomic mass is 10.1. The van der Waals surface area contributed by atoms with Crippen LogP contribution in [0.25, 0.3) is 10.9 Å². The minimum Gasteiger partial charge on any atom is -0.462 e. The summed E-state index contributed by atoms with van der Waals surface area (Å²) < 4.78 is 5.02. The van der Waals surface area contributed by atoms with Gasteiger partial charge in [-0.15, -0.1) is 0 Å². The van der Waals surface area contributed by atoms with Gasteiger partial charge in [0.1, 0.15) is 0 Å². The number of rotatable bonds is 8. The van der Waals surface area contributed by atoms with Crippen LogP contribution in [0.15, 0.2) is 30.5 Å². The SMILES string of the molecule is CCOC(=O)c1cnc2ccc(NCCN(CC)CC)cc2c1. The highest BCUT2D eigenvalue weighted by Gasteiger charge is 2.08. The van der Waals surface area contributed by atoms with Crippen LogP contribution in [0.3, 0.4) is 0 Å². The Labute approximate surface area is 137 Å². The molecule has 0 atom stereocenters. The van der Waals surface area contributed by atoms with E-state index >= 15 is 0 Å². The van der Waals surface area contributed by atoms with Gasteiger partial charge in [-0.3, -0.25) is 4.98 Å².